The first-order valence-electron chi connectivity index (χ1n) is 4.47. The van der Waals surface area contributed by atoms with Crippen LogP contribution in [-0.2, 0) is 0 Å². The maximum Gasteiger partial charge on any atom is 0.243 e. The molecule has 2 heterocycles. The second-order valence-corrected chi connectivity index (χ2v) is 4.79. The molecule has 2 aromatic heterocycles. The second kappa shape index (κ2) is 4.30. The summed E-state index contributed by atoms with van der Waals surface area (Å²) < 4.78 is 5.84. The highest BCUT2D eigenvalue weighted by Crippen LogP contribution is 2.29. The van der Waals surface area contributed by atoms with E-state index in [1.807, 2.05) is 26.1 Å². The molecule has 0 aliphatic rings. The second-order valence-electron chi connectivity index (χ2n) is 3.07. The summed E-state index contributed by atoms with van der Waals surface area (Å²) in [7, 11) is 1.84. The average Bonchev–Trinajstić information content (AvgIpc) is 2.84. The van der Waals surface area contributed by atoms with Gasteiger partial charge >= 0.3 is 0 Å². The Kier molecular flexibility index (Phi) is 3.04. The molecule has 0 aliphatic heterocycles. The van der Waals surface area contributed by atoms with Gasteiger partial charge in [0, 0.05) is 0 Å². The van der Waals surface area contributed by atoms with Crippen LogP contribution in [0.3, 0.4) is 0 Å². The number of hydrogen-bond acceptors (Lipinski definition) is 5. The zero-order valence-electron chi connectivity index (χ0n) is 8.32. The van der Waals surface area contributed by atoms with Gasteiger partial charge < -0.3 is 9.84 Å². The summed E-state index contributed by atoms with van der Waals surface area (Å²) in [5.74, 6) is 1.17. The van der Waals surface area contributed by atoms with Gasteiger partial charge in [-0.05, 0) is 26.1 Å². The van der Waals surface area contributed by atoms with Gasteiger partial charge in [0.25, 0.3) is 0 Å². The molecule has 2 rings (SSSR count). The minimum atomic E-state index is 0.0571. The largest absolute Gasteiger partial charge is 0.337 e. The van der Waals surface area contributed by atoms with E-state index in [2.05, 4.69) is 15.5 Å². The Morgan fingerprint density at radius 1 is 1.53 bits per heavy atom. The third-order valence-electron chi connectivity index (χ3n) is 2.04. The predicted octanol–water partition coefficient (Wildman–Crippen LogP) is 2.73. The first-order valence-corrected chi connectivity index (χ1v) is 5.66. The molecular weight excluding hydrogens is 234 g/mol. The summed E-state index contributed by atoms with van der Waals surface area (Å²) in [6, 6.07) is 3.76. The van der Waals surface area contributed by atoms with E-state index in [-0.39, 0.29) is 6.04 Å². The van der Waals surface area contributed by atoms with Crippen LogP contribution in [0.25, 0.3) is 10.7 Å². The standard InChI is InChI=1S/C9H10ClN3OS/c1-5(11-2)9-12-8(13-14-9)6-3-4-7(10)15-6/h3-5,11H,1-2H3. The number of nitrogens with zero attached hydrogens (tertiary/aromatic N) is 2. The number of nitrogens with one attached hydrogen (secondary N) is 1. The van der Waals surface area contributed by atoms with Crippen molar-refractivity contribution in [3.8, 4) is 10.7 Å². The lowest BCUT2D eigenvalue weighted by atomic mass is 10.3. The fourth-order valence-electron chi connectivity index (χ4n) is 1.07. The van der Waals surface area contributed by atoms with Gasteiger partial charge in [-0.15, -0.1) is 11.3 Å². The fourth-order valence-corrected chi connectivity index (χ4v) is 2.04. The van der Waals surface area contributed by atoms with Crippen molar-refractivity contribution in [3.63, 3.8) is 0 Å². The Morgan fingerprint density at radius 2 is 2.33 bits per heavy atom. The van der Waals surface area contributed by atoms with Gasteiger partial charge in [-0.25, -0.2) is 0 Å². The fraction of sp³-hybridized carbons (Fsp3) is 0.333. The van der Waals surface area contributed by atoms with Crippen LogP contribution >= 0.6 is 22.9 Å². The number of aromatic nitrogens is 2. The van der Waals surface area contributed by atoms with Crippen LogP contribution in [0.5, 0.6) is 0 Å². The summed E-state index contributed by atoms with van der Waals surface area (Å²) in [5, 5.41) is 6.93. The Hall–Kier alpha value is -0.910. The van der Waals surface area contributed by atoms with E-state index >= 15 is 0 Å². The lowest BCUT2D eigenvalue weighted by molar-refractivity contribution is 0.347. The van der Waals surface area contributed by atoms with E-state index in [4.69, 9.17) is 16.1 Å². The van der Waals surface area contributed by atoms with E-state index in [0.29, 0.717) is 11.7 Å². The van der Waals surface area contributed by atoms with Gasteiger partial charge in [0.05, 0.1) is 15.3 Å². The summed E-state index contributed by atoms with van der Waals surface area (Å²) in [4.78, 5) is 5.19. The molecule has 1 N–H and O–H groups in total. The lowest BCUT2D eigenvalue weighted by Gasteiger charge is -2.01. The maximum absolute atomic E-state index is 5.83. The molecule has 0 amide bonds. The molecule has 1 atom stereocenters. The highest BCUT2D eigenvalue weighted by molar-refractivity contribution is 7.19. The predicted molar refractivity (Wildman–Crippen MR) is 60.1 cm³/mol. The Morgan fingerprint density at radius 3 is 2.93 bits per heavy atom. The Bertz CT molecular complexity index is 454. The van der Waals surface area contributed by atoms with Crippen molar-refractivity contribution >= 4 is 22.9 Å². The normalized spacial score (nSPS) is 13.0. The first kappa shape index (κ1) is 10.6. The van der Waals surface area contributed by atoms with Crippen molar-refractivity contribution in [2.24, 2.45) is 0 Å². The van der Waals surface area contributed by atoms with E-state index < -0.39 is 0 Å². The third kappa shape index (κ3) is 2.19. The topological polar surface area (TPSA) is 51.0 Å². The van der Waals surface area contributed by atoms with Crippen LogP contribution in [-0.4, -0.2) is 17.2 Å². The van der Waals surface area contributed by atoms with Crippen molar-refractivity contribution in [2.75, 3.05) is 7.05 Å². The molecule has 0 aromatic carbocycles. The zero-order valence-corrected chi connectivity index (χ0v) is 9.89. The zero-order chi connectivity index (χ0) is 10.8. The number of hydrogen-bond donors (Lipinski definition) is 1. The molecular formula is C9H10ClN3OS. The SMILES string of the molecule is CNC(C)c1nc(-c2ccc(Cl)s2)no1. The molecule has 0 spiro atoms. The van der Waals surface area contributed by atoms with Crippen LogP contribution in [0.1, 0.15) is 18.9 Å². The van der Waals surface area contributed by atoms with E-state index in [9.17, 15) is 0 Å². The molecule has 0 saturated heterocycles. The lowest BCUT2D eigenvalue weighted by Crippen LogP contribution is -2.12. The van der Waals surface area contributed by atoms with Gasteiger partial charge in [-0.3, -0.25) is 0 Å². The van der Waals surface area contributed by atoms with Crippen molar-refractivity contribution in [1.82, 2.24) is 15.5 Å². The minimum Gasteiger partial charge on any atom is -0.337 e. The number of halogens is 1. The van der Waals surface area contributed by atoms with Gasteiger partial charge in [-0.2, -0.15) is 4.98 Å². The molecule has 2 aromatic rings. The third-order valence-corrected chi connectivity index (χ3v) is 3.27. The molecule has 1 unspecified atom stereocenters. The Balaban J connectivity index is 2.27. The van der Waals surface area contributed by atoms with Gasteiger partial charge in [0.15, 0.2) is 0 Å². The van der Waals surface area contributed by atoms with E-state index in [0.717, 1.165) is 9.21 Å². The highest BCUT2D eigenvalue weighted by Gasteiger charge is 2.14. The Labute approximate surface area is 96.3 Å². The van der Waals surface area contributed by atoms with Gasteiger partial charge in [0.1, 0.15) is 0 Å². The van der Waals surface area contributed by atoms with Crippen LogP contribution in [0.15, 0.2) is 16.7 Å². The van der Waals surface area contributed by atoms with Crippen molar-refractivity contribution < 1.29 is 4.52 Å². The summed E-state index contributed by atoms with van der Waals surface area (Å²) >= 11 is 7.26. The van der Waals surface area contributed by atoms with Crippen LogP contribution in [0.2, 0.25) is 4.34 Å². The van der Waals surface area contributed by atoms with E-state index in [1.165, 1.54) is 11.3 Å². The number of thiophene rings is 1. The van der Waals surface area contributed by atoms with Gasteiger partial charge in [0.2, 0.25) is 11.7 Å². The maximum atomic E-state index is 5.83. The minimum absolute atomic E-state index is 0.0571. The molecule has 4 nitrogen and oxygen atoms in total. The molecule has 6 heteroatoms. The van der Waals surface area contributed by atoms with Crippen LogP contribution < -0.4 is 5.32 Å². The molecule has 15 heavy (non-hydrogen) atoms. The smallest absolute Gasteiger partial charge is 0.243 e. The highest BCUT2D eigenvalue weighted by atomic mass is 35.5. The van der Waals surface area contributed by atoms with Crippen molar-refractivity contribution in [1.29, 1.82) is 0 Å². The summed E-state index contributed by atoms with van der Waals surface area (Å²) in [5.41, 5.74) is 0. The average molecular weight is 244 g/mol. The molecule has 0 bridgehead atoms. The van der Waals surface area contributed by atoms with Crippen LogP contribution in [0, 0.1) is 0 Å². The van der Waals surface area contributed by atoms with Crippen molar-refractivity contribution in [2.45, 2.75) is 13.0 Å². The molecule has 0 saturated carbocycles. The molecule has 0 fully saturated rings. The molecule has 0 aliphatic carbocycles. The van der Waals surface area contributed by atoms with Crippen LogP contribution in [0.4, 0.5) is 0 Å². The number of rotatable bonds is 3. The quantitative estimate of drug-likeness (QED) is 0.901. The first-order chi connectivity index (χ1) is 7.20. The van der Waals surface area contributed by atoms with E-state index in [1.54, 1.807) is 0 Å². The summed E-state index contributed by atoms with van der Waals surface area (Å²) in [6.45, 7) is 1.96. The monoisotopic (exact) mass is 243 g/mol. The van der Waals surface area contributed by atoms with Gasteiger partial charge in [-0.1, -0.05) is 16.8 Å². The van der Waals surface area contributed by atoms with Crippen molar-refractivity contribution in [3.05, 3.63) is 22.4 Å². The molecule has 80 valence electrons. The summed E-state index contributed by atoms with van der Waals surface area (Å²) in [6.07, 6.45) is 0. The molecule has 0 radical (unpaired) electrons.